The molecule has 108 valence electrons. The van der Waals surface area contributed by atoms with E-state index in [1.54, 1.807) is 19.2 Å². The summed E-state index contributed by atoms with van der Waals surface area (Å²) in [6.45, 7) is 2.71. The molecule has 0 aliphatic heterocycles. The number of hydrogen-bond donors (Lipinski definition) is 1. The second-order valence-corrected chi connectivity index (χ2v) is 5.07. The molecule has 0 saturated heterocycles. The van der Waals surface area contributed by atoms with Crippen LogP contribution in [0.15, 0.2) is 22.7 Å². The maximum Gasteiger partial charge on any atom is 0.229 e. The van der Waals surface area contributed by atoms with Crippen molar-refractivity contribution in [1.29, 1.82) is 0 Å². The highest BCUT2D eigenvalue weighted by Crippen LogP contribution is 2.31. The molecule has 20 heavy (non-hydrogen) atoms. The molecule has 1 unspecified atom stereocenters. The van der Waals surface area contributed by atoms with Gasteiger partial charge in [-0.3, -0.25) is 0 Å². The van der Waals surface area contributed by atoms with E-state index in [0.29, 0.717) is 29.0 Å². The Hall–Kier alpha value is -1.59. The van der Waals surface area contributed by atoms with Crippen molar-refractivity contribution in [2.45, 2.75) is 25.7 Å². The highest BCUT2D eigenvalue weighted by atomic mass is 35.5. The van der Waals surface area contributed by atoms with E-state index >= 15 is 0 Å². The molecule has 1 aromatic heterocycles. The summed E-state index contributed by atoms with van der Waals surface area (Å²) in [5, 5.41) is 4.62. The van der Waals surface area contributed by atoms with E-state index in [-0.39, 0.29) is 5.92 Å². The zero-order valence-electron chi connectivity index (χ0n) is 11.6. The molecule has 6 heteroatoms. The predicted octanol–water partition coefficient (Wildman–Crippen LogP) is 3.24. The van der Waals surface area contributed by atoms with Crippen LogP contribution in [0.1, 0.15) is 31.6 Å². The average molecular weight is 296 g/mol. The lowest BCUT2D eigenvalue weighted by Crippen LogP contribution is -2.02. The molecule has 0 aliphatic carbocycles. The first kappa shape index (κ1) is 14.8. The molecule has 0 bridgehead atoms. The number of nitrogens with zero attached hydrogens (tertiary/aromatic N) is 2. The second kappa shape index (κ2) is 6.72. The molecule has 0 spiro atoms. The van der Waals surface area contributed by atoms with E-state index in [1.165, 1.54) is 0 Å². The van der Waals surface area contributed by atoms with Gasteiger partial charge < -0.3 is 15.0 Å². The first-order valence-corrected chi connectivity index (χ1v) is 6.91. The molecule has 0 saturated carbocycles. The molecule has 0 aliphatic rings. The van der Waals surface area contributed by atoms with Crippen molar-refractivity contribution in [3.05, 3.63) is 29.1 Å². The Balaban J connectivity index is 2.24. The zero-order valence-corrected chi connectivity index (χ0v) is 12.4. The van der Waals surface area contributed by atoms with Gasteiger partial charge in [-0.2, -0.15) is 4.98 Å². The number of ether oxygens (including phenoxy) is 1. The van der Waals surface area contributed by atoms with Crippen LogP contribution in [0.5, 0.6) is 5.75 Å². The van der Waals surface area contributed by atoms with Crippen molar-refractivity contribution in [2.75, 3.05) is 13.7 Å². The monoisotopic (exact) mass is 295 g/mol. The summed E-state index contributed by atoms with van der Waals surface area (Å²) in [5.41, 5.74) is 6.27. The van der Waals surface area contributed by atoms with E-state index < -0.39 is 0 Å². The van der Waals surface area contributed by atoms with Crippen molar-refractivity contribution in [2.24, 2.45) is 5.73 Å². The molecule has 1 atom stereocenters. The third kappa shape index (κ3) is 3.29. The third-order valence-corrected chi connectivity index (χ3v) is 3.34. The summed E-state index contributed by atoms with van der Waals surface area (Å²) in [6.07, 6.45) is 1.86. The van der Waals surface area contributed by atoms with Crippen LogP contribution in [0.25, 0.3) is 11.4 Å². The zero-order chi connectivity index (χ0) is 14.5. The fourth-order valence-electron chi connectivity index (χ4n) is 1.94. The van der Waals surface area contributed by atoms with E-state index in [9.17, 15) is 0 Å². The van der Waals surface area contributed by atoms with Crippen LogP contribution in [0.3, 0.4) is 0 Å². The molecule has 0 radical (unpaired) electrons. The van der Waals surface area contributed by atoms with Crippen LogP contribution in [-0.4, -0.2) is 23.8 Å². The fraction of sp³-hybridized carbons (Fsp3) is 0.429. The van der Waals surface area contributed by atoms with Gasteiger partial charge in [-0.1, -0.05) is 23.7 Å². The number of hydrogen-bond acceptors (Lipinski definition) is 5. The maximum absolute atomic E-state index is 5.94. The Labute approximate surface area is 123 Å². The van der Waals surface area contributed by atoms with Crippen LogP contribution in [-0.2, 0) is 0 Å². The predicted molar refractivity (Wildman–Crippen MR) is 78.0 cm³/mol. The molecular weight excluding hydrogens is 278 g/mol. The quantitative estimate of drug-likeness (QED) is 0.885. The molecule has 1 heterocycles. The fourth-order valence-corrected chi connectivity index (χ4v) is 2.10. The first-order valence-electron chi connectivity index (χ1n) is 6.53. The Morgan fingerprint density at radius 2 is 2.25 bits per heavy atom. The molecule has 2 aromatic rings. The minimum Gasteiger partial charge on any atom is -0.496 e. The van der Waals surface area contributed by atoms with Gasteiger partial charge in [0.25, 0.3) is 0 Å². The molecule has 1 aromatic carbocycles. The minimum absolute atomic E-state index is 0.193. The summed E-state index contributed by atoms with van der Waals surface area (Å²) >= 11 is 5.94. The van der Waals surface area contributed by atoms with Gasteiger partial charge in [0.1, 0.15) is 5.75 Å². The van der Waals surface area contributed by atoms with Gasteiger partial charge in [0.15, 0.2) is 0 Å². The van der Waals surface area contributed by atoms with E-state index in [0.717, 1.165) is 18.4 Å². The van der Waals surface area contributed by atoms with Crippen LogP contribution >= 0.6 is 11.6 Å². The summed E-state index contributed by atoms with van der Waals surface area (Å²) in [7, 11) is 1.58. The number of rotatable bonds is 6. The Bertz CT molecular complexity index is 571. The number of halogens is 1. The van der Waals surface area contributed by atoms with Gasteiger partial charge in [0, 0.05) is 10.9 Å². The third-order valence-electron chi connectivity index (χ3n) is 3.11. The molecule has 0 amide bonds. The van der Waals surface area contributed by atoms with E-state index in [4.69, 9.17) is 26.6 Å². The number of methoxy groups -OCH3 is 1. The maximum atomic E-state index is 5.94. The standard InChI is InChI=1S/C14H18ClN3O2/c1-9(4-3-7-16)14-17-13(18-20-14)11-6-5-10(15)8-12(11)19-2/h5-6,8-9H,3-4,7,16H2,1-2H3. The van der Waals surface area contributed by atoms with Crippen LogP contribution < -0.4 is 10.5 Å². The smallest absolute Gasteiger partial charge is 0.229 e. The van der Waals surface area contributed by atoms with Gasteiger partial charge in [-0.05, 0) is 37.6 Å². The number of nitrogens with two attached hydrogens (primary N) is 1. The van der Waals surface area contributed by atoms with Crippen molar-refractivity contribution >= 4 is 11.6 Å². The topological polar surface area (TPSA) is 74.2 Å². The highest BCUT2D eigenvalue weighted by Gasteiger charge is 2.17. The number of benzene rings is 1. The van der Waals surface area contributed by atoms with Crippen molar-refractivity contribution in [3.8, 4) is 17.1 Å². The average Bonchev–Trinajstić information content (AvgIpc) is 2.94. The van der Waals surface area contributed by atoms with Gasteiger partial charge in [0.2, 0.25) is 11.7 Å². The Morgan fingerprint density at radius 3 is 2.95 bits per heavy atom. The lowest BCUT2D eigenvalue weighted by Gasteiger charge is -2.05. The Morgan fingerprint density at radius 1 is 1.45 bits per heavy atom. The first-order chi connectivity index (χ1) is 9.65. The Kier molecular flexibility index (Phi) is 4.98. The second-order valence-electron chi connectivity index (χ2n) is 4.63. The molecule has 0 fully saturated rings. The summed E-state index contributed by atoms with van der Waals surface area (Å²) < 4.78 is 10.6. The van der Waals surface area contributed by atoms with Gasteiger partial charge in [-0.25, -0.2) is 0 Å². The van der Waals surface area contributed by atoms with Crippen LogP contribution in [0.4, 0.5) is 0 Å². The van der Waals surface area contributed by atoms with E-state index in [2.05, 4.69) is 10.1 Å². The SMILES string of the molecule is COc1cc(Cl)ccc1-c1noc(C(C)CCCN)n1. The molecule has 2 N–H and O–H groups in total. The number of aromatic nitrogens is 2. The summed E-state index contributed by atoms with van der Waals surface area (Å²) in [4.78, 5) is 4.43. The van der Waals surface area contributed by atoms with Gasteiger partial charge in [0.05, 0.1) is 12.7 Å². The highest BCUT2D eigenvalue weighted by molar-refractivity contribution is 6.30. The van der Waals surface area contributed by atoms with E-state index in [1.807, 2.05) is 13.0 Å². The van der Waals surface area contributed by atoms with Gasteiger partial charge >= 0.3 is 0 Å². The summed E-state index contributed by atoms with van der Waals surface area (Å²) in [6, 6.07) is 5.32. The van der Waals surface area contributed by atoms with Crippen molar-refractivity contribution in [1.82, 2.24) is 10.1 Å². The van der Waals surface area contributed by atoms with Crippen LogP contribution in [0, 0.1) is 0 Å². The normalized spacial score (nSPS) is 12.4. The molecule has 5 nitrogen and oxygen atoms in total. The van der Waals surface area contributed by atoms with Crippen molar-refractivity contribution < 1.29 is 9.26 Å². The van der Waals surface area contributed by atoms with Crippen LogP contribution in [0.2, 0.25) is 5.02 Å². The minimum atomic E-state index is 0.193. The van der Waals surface area contributed by atoms with Crippen molar-refractivity contribution in [3.63, 3.8) is 0 Å². The largest absolute Gasteiger partial charge is 0.496 e. The molecule has 2 rings (SSSR count). The molecular formula is C14H18ClN3O2. The van der Waals surface area contributed by atoms with Gasteiger partial charge in [-0.15, -0.1) is 0 Å². The lowest BCUT2D eigenvalue weighted by atomic mass is 10.1. The lowest BCUT2D eigenvalue weighted by molar-refractivity contribution is 0.352. The summed E-state index contributed by atoms with van der Waals surface area (Å²) in [5.74, 6) is 1.94.